The number of rotatable bonds is 15. The fourth-order valence-corrected chi connectivity index (χ4v) is 6.89. The first kappa shape index (κ1) is 35.5. The fourth-order valence-electron chi connectivity index (χ4n) is 5.24. The van der Waals surface area contributed by atoms with Crippen molar-refractivity contribution in [2.24, 2.45) is 0 Å². The molecule has 0 unspecified atom stereocenters. The summed E-state index contributed by atoms with van der Waals surface area (Å²) in [5.74, 6) is -0.264. The van der Waals surface area contributed by atoms with E-state index in [1.165, 1.54) is 17.0 Å². The molecule has 10 heteroatoms. The van der Waals surface area contributed by atoms with Crippen LogP contribution < -0.4 is 14.4 Å². The van der Waals surface area contributed by atoms with E-state index in [9.17, 15) is 18.0 Å². The Labute approximate surface area is 283 Å². The molecule has 4 aromatic rings. The molecule has 0 saturated heterocycles. The lowest BCUT2D eigenvalue weighted by Crippen LogP contribution is -2.53. The number of hydrogen-bond acceptors (Lipinski definition) is 5. The number of methoxy groups -OCH3 is 1. The van der Waals surface area contributed by atoms with Crippen molar-refractivity contribution in [3.8, 4) is 5.75 Å². The van der Waals surface area contributed by atoms with Gasteiger partial charge in [0, 0.05) is 24.5 Å². The number of halogens is 1. The highest BCUT2D eigenvalue weighted by Gasteiger charge is 2.35. The van der Waals surface area contributed by atoms with Crippen LogP contribution in [0.5, 0.6) is 5.75 Å². The van der Waals surface area contributed by atoms with Crippen molar-refractivity contribution >= 4 is 39.1 Å². The van der Waals surface area contributed by atoms with Gasteiger partial charge in [0.2, 0.25) is 11.8 Å². The molecule has 2 amide bonds. The Kier molecular flexibility index (Phi) is 12.4. The number of carbonyl (C=O) groups is 2. The van der Waals surface area contributed by atoms with Crippen molar-refractivity contribution in [3.63, 3.8) is 0 Å². The van der Waals surface area contributed by atoms with Gasteiger partial charge in [0.05, 0.1) is 17.7 Å². The SMILES string of the molecule is CCCCNC(=O)[C@@H](Cc1ccccc1)N(Cc1cccc(OC)c1)C(=O)CN(c1cccc(Cl)c1C)S(=O)(=O)c1ccc(C)cc1. The van der Waals surface area contributed by atoms with Crippen LogP contribution >= 0.6 is 11.6 Å². The molecule has 47 heavy (non-hydrogen) atoms. The predicted molar refractivity (Wildman–Crippen MR) is 187 cm³/mol. The molecule has 0 fully saturated rings. The number of carbonyl (C=O) groups excluding carboxylic acids is 2. The Morgan fingerprint density at radius 2 is 1.57 bits per heavy atom. The predicted octanol–water partition coefficient (Wildman–Crippen LogP) is 6.72. The molecule has 1 N–H and O–H groups in total. The van der Waals surface area contributed by atoms with Crippen molar-refractivity contribution in [2.45, 2.75) is 57.5 Å². The van der Waals surface area contributed by atoms with E-state index in [0.717, 1.165) is 33.8 Å². The van der Waals surface area contributed by atoms with Crippen LogP contribution in [0, 0.1) is 13.8 Å². The van der Waals surface area contributed by atoms with Gasteiger partial charge in [-0.3, -0.25) is 13.9 Å². The first-order chi connectivity index (χ1) is 22.5. The minimum absolute atomic E-state index is 0.0350. The number of nitrogens with zero attached hydrogens (tertiary/aromatic N) is 2. The number of unbranched alkanes of at least 4 members (excludes halogenated alkanes) is 1. The molecule has 0 radical (unpaired) electrons. The number of ether oxygens (including phenoxy) is 1. The molecule has 0 aliphatic heterocycles. The van der Waals surface area contributed by atoms with E-state index in [1.54, 1.807) is 56.5 Å². The van der Waals surface area contributed by atoms with E-state index in [-0.39, 0.29) is 29.5 Å². The minimum atomic E-state index is -4.24. The topological polar surface area (TPSA) is 96.0 Å². The Bertz CT molecular complexity index is 1760. The highest BCUT2D eigenvalue weighted by molar-refractivity contribution is 7.92. The quantitative estimate of drug-likeness (QED) is 0.141. The van der Waals surface area contributed by atoms with Crippen molar-refractivity contribution in [1.29, 1.82) is 0 Å². The normalized spacial score (nSPS) is 11.9. The third-order valence-corrected chi connectivity index (χ3v) is 10.2. The Hall–Kier alpha value is -4.34. The van der Waals surface area contributed by atoms with Gasteiger partial charge >= 0.3 is 0 Å². The zero-order chi connectivity index (χ0) is 34.0. The molecule has 0 bridgehead atoms. The molecule has 0 aromatic heterocycles. The molecule has 0 aliphatic rings. The van der Waals surface area contributed by atoms with Crippen LogP contribution in [0.2, 0.25) is 5.02 Å². The maximum atomic E-state index is 14.7. The van der Waals surface area contributed by atoms with Gasteiger partial charge in [-0.25, -0.2) is 8.42 Å². The van der Waals surface area contributed by atoms with Crippen LogP contribution in [0.1, 0.15) is 42.0 Å². The fraction of sp³-hybridized carbons (Fsp3) is 0.297. The molecule has 0 aliphatic carbocycles. The lowest BCUT2D eigenvalue weighted by atomic mass is 10.0. The number of amides is 2. The van der Waals surface area contributed by atoms with Gasteiger partial charge in [-0.05, 0) is 73.4 Å². The van der Waals surface area contributed by atoms with Crippen LogP contribution in [-0.4, -0.2) is 51.4 Å². The Morgan fingerprint density at radius 1 is 0.894 bits per heavy atom. The first-order valence-electron chi connectivity index (χ1n) is 15.6. The van der Waals surface area contributed by atoms with Gasteiger partial charge in [-0.2, -0.15) is 0 Å². The molecule has 0 heterocycles. The minimum Gasteiger partial charge on any atom is -0.497 e. The van der Waals surface area contributed by atoms with Gasteiger partial charge < -0.3 is 15.0 Å². The van der Waals surface area contributed by atoms with E-state index < -0.39 is 28.5 Å². The van der Waals surface area contributed by atoms with Crippen LogP contribution in [-0.2, 0) is 32.6 Å². The average Bonchev–Trinajstić information content (AvgIpc) is 3.07. The lowest BCUT2D eigenvalue weighted by Gasteiger charge is -2.34. The molecule has 0 spiro atoms. The number of aryl methyl sites for hydroxylation is 1. The number of nitrogens with one attached hydrogen (secondary N) is 1. The molecule has 4 aromatic carbocycles. The zero-order valence-corrected chi connectivity index (χ0v) is 28.9. The first-order valence-corrected chi connectivity index (χ1v) is 17.5. The van der Waals surface area contributed by atoms with E-state index in [1.807, 2.05) is 56.3 Å². The lowest BCUT2D eigenvalue weighted by molar-refractivity contribution is -0.140. The van der Waals surface area contributed by atoms with Gasteiger partial charge in [0.15, 0.2) is 0 Å². The second-order valence-electron chi connectivity index (χ2n) is 11.4. The second-order valence-corrected chi connectivity index (χ2v) is 13.7. The largest absolute Gasteiger partial charge is 0.497 e. The van der Waals surface area contributed by atoms with Crippen LogP contribution in [0.3, 0.4) is 0 Å². The summed E-state index contributed by atoms with van der Waals surface area (Å²) in [6.45, 7) is 5.56. The van der Waals surface area contributed by atoms with Crippen molar-refractivity contribution in [1.82, 2.24) is 10.2 Å². The molecule has 248 valence electrons. The summed E-state index contributed by atoms with van der Waals surface area (Å²) < 4.78 is 35.1. The van der Waals surface area contributed by atoms with Gasteiger partial charge in [0.25, 0.3) is 10.0 Å². The van der Waals surface area contributed by atoms with Crippen molar-refractivity contribution < 1.29 is 22.7 Å². The molecule has 0 saturated carbocycles. The van der Waals surface area contributed by atoms with Gasteiger partial charge in [-0.1, -0.05) is 91.2 Å². The summed E-state index contributed by atoms with van der Waals surface area (Å²) >= 11 is 6.47. The van der Waals surface area contributed by atoms with E-state index in [0.29, 0.717) is 22.9 Å². The highest BCUT2D eigenvalue weighted by Crippen LogP contribution is 2.31. The molecule has 8 nitrogen and oxygen atoms in total. The molecular weight excluding hydrogens is 634 g/mol. The second kappa shape index (κ2) is 16.5. The van der Waals surface area contributed by atoms with Crippen LogP contribution in [0.4, 0.5) is 5.69 Å². The van der Waals surface area contributed by atoms with E-state index >= 15 is 0 Å². The van der Waals surface area contributed by atoms with Gasteiger partial charge in [-0.15, -0.1) is 0 Å². The highest BCUT2D eigenvalue weighted by atomic mass is 35.5. The smallest absolute Gasteiger partial charge is 0.264 e. The van der Waals surface area contributed by atoms with E-state index in [4.69, 9.17) is 16.3 Å². The Morgan fingerprint density at radius 3 is 2.26 bits per heavy atom. The monoisotopic (exact) mass is 675 g/mol. The van der Waals surface area contributed by atoms with Crippen molar-refractivity contribution in [2.75, 3.05) is 24.5 Å². The third-order valence-electron chi connectivity index (χ3n) is 7.98. The standard InChI is InChI=1S/C37H42ClN3O5S/c1-5-6-22-39-37(43)35(24-29-12-8-7-9-13-29)40(25-30-14-10-15-31(23-30)46-4)36(42)26-41(34-17-11-16-33(38)28(34)3)47(44,45)32-20-18-27(2)19-21-32/h7-21,23,35H,5-6,22,24-26H2,1-4H3,(H,39,43)/t35-/m1/s1. The number of benzene rings is 4. The summed E-state index contributed by atoms with van der Waals surface area (Å²) in [6.07, 6.45) is 1.90. The van der Waals surface area contributed by atoms with Crippen molar-refractivity contribution in [3.05, 3.63) is 124 Å². The summed E-state index contributed by atoms with van der Waals surface area (Å²) in [4.78, 5) is 30.1. The zero-order valence-electron chi connectivity index (χ0n) is 27.3. The van der Waals surface area contributed by atoms with Crippen LogP contribution in [0.25, 0.3) is 0 Å². The number of anilines is 1. The average molecular weight is 676 g/mol. The third kappa shape index (κ3) is 9.14. The van der Waals surface area contributed by atoms with Gasteiger partial charge in [0.1, 0.15) is 18.3 Å². The number of sulfonamides is 1. The van der Waals surface area contributed by atoms with Crippen LogP contribution in [0.15, 0.2) is 102 Å². The van der Waals surface area contributed by atoms with E-state index in [2.05, 4.69) is 5.32 Å². The summed E-state index contributed by atoms with van der Waals surface area (Å²) in [6, 6.07) is 27.2. The summed E-state index contributed by atoms with van der Waals surface area (Å²) in [5.41, 5.74) is 3.27. The molecule has 4 rings (SSSR count). The number of hydrogen-bond donors (Lipinski definition) is 1. The molecular formula is C37H42ClN3O5S. The summed E-state index contributed by atoms with van der Waals surface area (Å²) in [5, 5.41) is 3.37. The summed E-state index contributed by atoms with van der Waals surface area (Å²) in [7, 11) is -2.68. The maximum Gasteiger partial charge on any atom is 0.264 e. The molecule has 1 atom stereocenters. The maximum absolute atomic E-state index is 14.7. The Balaban J connectivity index is 1.83.